The molecule has 7 heteroatoms. The lowest BCUT2D eigenvalue weighted by molar-refractivity contribution is -0.132. The summed E-state index contributed by atoms with van der Waals surface area (Å²) in [5.74, 6) is 0.739. The molecule has 2 heterocycles. The predicted molar refractivity (Wildman–Crippen MR) is 75.3 cm³/mol. The summed E-state index contributed by atoms with van der Waals surface area (Å²) in [6.45, 7) is 5.20. The topological polar surface area (TPSA) is 79.4 Å². The fraction of sp³-hybridized carbons (Fsp3) is 0.615. The first kappa shape index (κ1) is 14.7. The minimum absolute atomic E-state index is 0.0260. The van der Waals surface area contributed by atoms with Crippen LogP contribution in [0.25, 0.3) is 0 Å². The Labute approximate surface area is 118 Å². The Balaban J connectivity index is 2.00. The Morgan fingerprint density at radius 3 is 3.00 bits per heavy atom. The lowest BCUT2D eigenvalue weighted by atomic mass is 10.2. The van der Waals surface area contributed by atoms with Gasteiger partial charge in [0.2, 0.25) is 5.91 Å². The maximum absolute atomic E-state index is 11.8. The molecule has 110 valence electrons. The highest BCUT2D eigenvalue weighted by atomic mass is 16.5. The van der Waals surface area contributed by atoms with Crippen molar-refractivity contribution in [3.05, 3.63) is 18.1 Å². The molecule has 1 aromatic heterocycles. The van der Waals surface area contributed by atoms with Gasteiger partial charge in [-0.25, -0.2) is 4.98 Å². The molecule has 1 aliphatic heterocycles. The fourth-order valence-corrected chi connectivity index (χ4v) is 2.15. The number of rotatable bonds is 5. The molecule has 1 amide bonds. The summed E-state index contributed by atoms with van der Waals surface area (Å²) >= 11 is 0. The summed E-state index contributed by atoms with van der Waals surface area (Å²) in [5.41, 5.74) is 0.849. The van der Waals surface area contributed by atoms with Crippen molar-refractivity contribution in [1.82, 2.24) is 20.2 Å². The number of morpholine rings is 1. The average Bonchev–Trinajstić information content (AvgIpc) is 2.49. The van der Waals surface area contributed by atoms with Gasteiger partial charge in [0.25, 0.3) is 0 Å². The van der Waals surface area contributed by atoms with E-state index in [0.717, 1.165) is 18.1 Å². The van der Waals surface area contributed by atoms with E-state index in [1.165, 1.54) is 0 Å². The van der Waals surface area contributed by atoms with Crippen molar-refractivity contribution in [1.29, 1.82) is 0 Å². The average molecular weight is 279 g/mol. The molecule has 0 saturated carbocycles. The predicted octanol–water partition coefficient (Wildman–Crippen LogP) is -0.145. The molecule has 0 aliphatic carbocycles. The van der Waals surface area contributed by atoms with Crippen LogP contribution in [0.3, 0.4) is 0 Å². The van der Waals surface area contributed by atoms with Crippen LogP contribution in [0.15, 0.2) is 12.4 Å². The minimum Gasteiger partial charge on any atom is -0.378 e. The summed E-state index contributed by atoms with van der Waals surface area (Å²) in [7, 11) is 1.64. The van der Waals surface area contributed by atoms with Crippen LogP contribution in [0.4, 0.5) is 5.82 Å². The molecule has 0 bridgehead atoms. The van der Waals surface area contributed by atoms with Crippen molar-refractivity contribution in [3.8, 4) is 0 Å². The molecule has 0 spiro atoms. The van der Waals surface area contributed by atoms with E-state index in [9.17, 15) is 4.79 Å². The zero-order valence-electron chi connectivity index (χ0n) is 11.9. The molecular weight excluding hydrogens is 258 g/mol. The Hall–Kier alpha value is -1.73. The van der Waals surface area contributed by atoms with E-state index < -0.39 is 0 Å². The second-order valence-corrected chi connectivity index (χ2v) is 4.60. The highest BCUT2D eigenvalue weighted by Gasteiger charge is 2.28. The van der Waals surface area contributed by atoms with E-state index >= 15 is 0 Å². The number of nitrogens with zero attached hydrogens (tertiary/aromatic N) is 3. The van der Waals surface area contributed by atoms with Gasteiger partial charge in [-0.2, -0.15) is 0 Å². The summed E-state index contributed by atoms with van der Waals surface area (Å²) < 4.78 is 5.38. The van der Waals surface area contributed by atoms with Gasteiger partial charge in [0.05, 0.1) is 31.3 Å². The number of nitrogens with one attached hydrogen (secondary N) is 2. The van der Waals surface area contributed by atoms with Crippen LogP contribution in [-0.4, -0.2) is 60.2 Å². The molecule has 1 aromatic rings. The van der Waals surface area contributed by atoms with E-state index in [2.05, 4.69) is 25.5 Å². The van der Waals surface area contributed by atoms with Crippen LogP contribution in [0.1, 0.15) is 12.6 Å². The maximum atomic E-state index is 11.8. The van der Waals surface area contributed by atoms with E-state index in [4.69, 9.17) is 4.74 Å². The van der Waals surface area contributed by atoms with Gasteiger partial charge in [0, 0.05) is 26.7 Å². The van der Waals surface area contributed by atoms with E-state index in [1.807, 2.05) is 6.92 Å². The Morgan fingerprint density at radius 1 is 1.50 bits per heavy atom. The number of aromatic nitrogens is 2. The van der Waals surface area contributed by atoms with Crippen molar-refractivity contribution < 1.29 is 9.53 Å². The van der Waals surface area contributed by atoms with Gasteiger partial charge in [-0.1, -0.05) is 0 Å². The van der Waals surface area contributed by atoms with Crippen LogP contribution in [0, 0.1) is 0 Å². The third kappa shape index (κ3) is 3.64. The zero-order chi connectivity index (χ0) is 14.4. The number of carbonyl (C=O) groups excluding carboxylic acids is 1. The molecule has 1 aliphatic rings. The Morgan fingerprint density at radius 2 is 2.35 bits per heavy atom. The highest BCUT2D eigenvalue weighted by Crippen LogP contribution is 2.11. The number of ether oxygens (including phenoxy) is 1. The van der Waals surface area contributed by atoms with Gasteiger partial charge in [-0.05, 0) is 6.92 Å². The van der Waals surface area contributed by atoms with E-state index in [1.54, 1.807) is 19.4 Å². The van der Waals surface area contributed by atoms with Gasteiger partial charge < -0.3 is 15.4 Å². The number of hydrogen-bond donors (Lipinski definition) is 2. The number of carbonyl (C=O) groups is 1. The molecule has 7 nitrogen and oxygen atoms in total. The normalized spacial score (nSPS) is 19.6. The molecule has 2 rings (SSSR count). The number of amides is 1. The number of hydrogen-bond acceptors (Lipinski definition) is 6. The Kier molecular flexibility index (Phi) is 5.25. The molecule has 2 N–H and O–H groups in total. The molecule has 1 atom stereocenters. The van der Waals surface area contributed by atoms with Crippen LogP contribution >= 0.6 is 0 Å². The van der Waals surface area contributed by atoms with Gasteiger partial charge in [0.15, 0.2) is 0 Å². The molecule has 0 aromatic carbocycles. The number of likely N-dealkylation sites (N-methyl/N-ethyl adjacent to an activating group) is 1. The van der Waals surface area contributed by atoms with Crippen LogP contribution in [0.2, 0.25) is 0 Å². The van der Waals surface area contributed by atoms with Crippen LogP contribution in [0.5, 0.6) is 0 Å². The van der Waals surface area contributed by atoms with Crippen molar-refractivity contribution in [3.63, 3.8) is 0 Å². The smallest absolute Gasteiger partial charge is 0.239 e. The van der Waals surface area contributed by atoms with Crippen LogP contribution in [-0.2, 0) is 16.1 Å². The van der Waals surface area contributed by atoms with Crippen molar-refractivity contribution in [2.75, 3.05) is 38.7 Å². The minimum atomic E-state index is -0.260. The monoisotopic (exact) mass is 279 g/mol. The largest absolute Gasteiger partial charge is 0.378 e. The first-order valence-electron chi connectivity index (χ1n) is 6.82. The molecule has 0 radical (unpaired) electrons. The maximum Gasteiger partial charge on any atom is 0.239 e. The summed E-state index contributed by atoms with van der Waals surface area (Å²) in [4.78, 5) is 22.6. The highest BCUT2D eigenvalue weighted by molar-refractivity contribution is 5.81. The molecule has 1 unspecified atom stereocenters. The summed E-state index contributed by atoms with van der Waals surface area (Å²) in [6, 6.07) is -0.260. The van der Waals surface area contributed by atoms with Gasteiger partial charge in [0.1, 0.15) is 11.9 Å². The molecular formula is C13H21N5O2. The van der Waals surface area contributed by atoms with Gasteiger partial charge in [-0.3, -0.25) is 14.7 Å². The van der Waals surface area contributed by atoms with E-state index in [0.29, 0.717) is 26.3 Å². The lowest BCUT2D eigenvalue weighted by Crippen LogP contribution is -2.52. The SMILES string of the molecule is CCNc1cnc(CN2CCOCC2C(=O)NC)cn1. The molecule has 1 fully saturated rings. The van der Waals surface area contributed by atoms with Gasteiger partial charge in [-0.15, -0.1) is 0 Å². The number of anilines is 1. The Bertz CT molecular complexity index is 437. The standard InChI is InChI=1S/C13H21N5O2/c1-3-15-12-7-16-10(6-17-12)8-18-4-5-20-9-11(18)13(19)14-2/h6-7,11H,3-5,8-9H2,1-2H3,(H,14,19)(H,15,17). The third-order valence-electron chi connectivity index (χ3n) is 3.22. The van der Waals surface area contributed by atoms with E-state index in [-0.39, 0.29) is 11.9 Å². The first-order chi connectivity index (χ1) is 9.74. The summed E-state index contributed by atoms with van der Waals surface area (Å²) in [6.07, 6.45) is 3.46. The zero-order valence-corrected chi connectivity index (χ0v) is 11.9. The fourth-order valence-electron chi connectivity index (χ4n) is 2.15. The van der Waals surface area contributed by atoms with Crippen molar-refractivity contribution in [2.24, 2.45) is 0 Å². The first-order valence-corrected chi connectivity index (χ1v) is 6.82. The van der Waals surface area contributed by atoms with Gasteiger partial charge >= 0.3 is 0 Å². The molecule has 20 heavy (non-hydrogen) atoms. The summed E-state index contributed by atoms with van der Waals surface area (Å²) in [5, 5.41) is 5.77. The molecule has 1 saturated heterocycles. The lowest BCUT2D eigenvalue weighted by Gasteiger charge is -2.33. The second-order valence-electron chi connectivity index (χ2n) is 4.60. The van der Waals surface area contributed by atoms with Crippen LogP contribution < -0.4 is 10.6 Å². The second kappa shape index (κ2) is 7.16. The van der Waals surface area contributed by atoms with Crippen molar-refractivity contribution in [2.45, 2.75) is 19.5 Å². The quantitative estimate of drug-likeness (QED) is 0.781. The third-order valence-corrected chi connectivity index (χ3v) is 3.22. The van der Waals surface area contributed by atoms with Crippen molar-refractivity contribution >= 4 is 11.7 Å².